The van der Waals surface area contributed by atoms with Gasteiger partial charge in [0.25, 0.3) is 0 Å². The van der Waals surface area contributed by atoms with E-state index in [0.717, 1.165) is 25.8 Å². The summed E-state index contributed by atoms with van der Waals surface area (Å²) in [6.45, 7) is 7.16. The number of hydrogen-bond acceptors (Lipinski definition) is 2. The van der Waals surface area contributed by atoms with E-state index in [1.54, 1.807) is 0 Å². The highest BCUT2D eigenvalue weighted by Gasteiger charge is 2.27. The molecule has 0 amide bonds. The number of nitrogens with zero attached hydrogens (tertiary/aromatic N) is 1. The predicted octanol–water partition coefficient (Wildman–Crippen LogP) is 3.47. The van der Waals surface area contributed by atoms with Crippen molar-refractivity contribution in [3.8, 4) is 0 Å². The van der Waals surface area contributed by atoms with E-state index in [1.165, 1.54) is 25.7 Å². The van der Waals surface area contributed by atoms with Gasteiger partial charge in [0.15, 0.2) is 0 Å². The van der Waals surface area contributed by atoms with Crippen molar-refractivity contribution in [2.24, 2.45) is 0 Å². The van der Waals surface area contributed by atoms with Crippen LogP contribution in [-0.4, -0.2) is 37.0 Å². The van der Waals surface area contributed by atoms with Crippen LogP contribution in [0.3, 0.4) is 0 Å². The number of morpholine rings is 1. The van der Waals surface area contributed by atoms with E-state index >= 15 is 0 Å². The van der Waals surface area contributed by atoms with E-state index in [9.17, 15) is 5.21 Å². The number of hydroxylamine groups is 3. The third-order valence-corrected chi connectivity index (χ3v) is 3.69. The Morgan fingerprint density at radius 2 is 1.88 bits per heavy atom. The highest BCUT2D eigenvalue weighted by atomic mass is 16.6. The first-order valence-electron chi connectivity index (χ1n) is 7.39. The van der Waals surface area contributed by atoms with Gasteiger partial charge in [-0.3, -0.25) is 0 Å². The topological polar surface area (TPSA) is 32.3 Å². The summed E-state index contributed by atoms with van der Waals surface area (Å²) in [5.41, 5.74) is 0. The van der Waals surface area contributed by atoms with Crippen LogP contribution in [0.15, 0.2) is 0 Å². The van der Waals surface area contributed by atoms with Crippen LogP contribution in [0.5, 0.6) is 0 Å². The van der Waals surface area contributed by atoms with Crippen molar-refractivity contribution in [2.45, 2.75) is 64.9 Å². The summed E-state index contributed by atoms with van der Waals surface area (Å²) in [4.78, 5) is 0. The summed E-state index contributed by atoms with van der Waals surface area (Å²) in [6.07, 6.45) is 8.53. The fraction of sp³-hybridized carbons (Fsp3) is 1.00. The Hall–Kier alpha value is -0.120. The Labute approximate surface area is 106 Å². The van der Waals surface area contributed by atoms with E-state index in [0.29, 0.717) is 19.7 Å². The van der Waals surface area contributed by atoms with E-state index < -0.39 is 0 Å². The molecule has 17 heavy (non-hydrogen) atoms. The third kappa shape index (κ3) is 5.84. The van der Waals surface area contributed by atoms with E-state index in [1.807, 2.05) is 0 Å². The van der Waals surface area contributed by atoms with Crippen molar-refractivity contribution < 1.29 is 9.38 Å². The first kappa shape index (κ1) is 14.9. The molecule has 1 rings (SSSR count). The van der Waals surface area contributed by atoms with Gasteiger partial charge in [-0.15, -0.1) is 0 Å². The molecule has 0 N–H and O–H groups in total. The average Bonchev–Trinajstić information content (AvgIpc) is 2.32. The summed E-state index contributed by atoms with van der Waals surface area (Å²) in [5.74, 6) is 0. The molecule has 3 heteroatoms. The molecular weight excluding hydrogens is 214 g/mol. The first-order valence-corrected chi connectivity index (χ1v) is 7.39. The molecule has 0 radical (unpaired) electrons. The Balaban J connectivity index is 2.22. The van der Waals surface area contributed by atoms with Crippen LogP contribution < -0.4 is 0 Å². The van der Waals surface area contributed by atoms with Gasteiger partial charge in [0.1, 0.15) is 19.2 Å². The van der Waals surface area contributed by atoms with Gasteiger partial charge in [-0.25, -0.2) is 0 Å². The molecule has 1 heterocycles. The van der Waals surface area contributed by atoms with Crippen molar-refractivity contribution >= 4 is 0 Å². The van der Waals surface area contributed by atoms with Gasteiger partial charge < -0.3 is 14.6 Å². The van der Waals surface area contributed by atoms with Gasteiger partial charge >= 0.3 is 0 Å². The van der Waals surface area contributed by atoms with Crippen LogP contribution in [0.1, 0.15) is 58.8 Å². The van der Waals surface area contributed by atoms with Crippen LogP contribution in [0.4, 0.5) is 0 Å². The fourth-order valence-corrected chi connectivity index (χ4v) is 2.52. The SMILES string of the molecule is CCCCCCC1C[N+]([O-])(CCCC)CCO1. The monoisotopic (exact) mass is 243 g/mol. The van der Waals surface area contributed by atoms with Gasteiger partial charge in [0, 0.05) is 0 Å². The summed E-state index contributed by atoms with van der Waals surface area (Å²) >= 11 is 0. The molecule has 2 unspecified atom stereocenters. The largest absolute Gasteiger partial charge is 0.633 e. The average molecular weight is 243 g/mol. The quantitative estimate of drug-likeness (QED) is 0.371. The summed E-state index contributed by atoms with van der Waals surface area (Å²) in [7, 11) is 0. The smallest absolute Gasteiger partial charge is 0.107 e. The van der Waals surface area contributed by atoms with E-state index in [-0.39, 0.29) is 10.8 Å². The summed E-state index contributed by atoms with van der Waals surface area (Å²) in [5, 5.41) is 12.4. The molecule has 1 saturated heterocycles. The lowest BCUT2D eigenvalue weighted by atomic mass is 10.1. The Kier molecular flexibility index (Phi) is 7.09. The molecule has 0 bridgehead atoms. The number of unbranched alkanes of at least 4 members (excludes halogenated alkanes) is 4. The standard InChI is InChI=1S/C14H29NO2/c1-3-5-7-8-9-14-13-15(16,10-6-4-2)11-12-17-14/h14H,3-13H2,1-2H3. The molecule has 0 aliphatic carbocycles. The first-order chi connectivity index (χ1) is 8.20. The van der Waals surface area contributed by atoms with Crippen molar-refractivity contribution in [2.75, 3.05) is 26.2 Å². The Morgan fingerprint density at radius 1 is 1.12 bits per heavy atom. The molecular formula is C14H29NO2. The predicted molar refractivity (Wildman–Crippen MR) is 71.6 cm³/mol. The molecule has 0 aromatic heterocycles. The summed E-state index contributed by atoms with van der Waals surface area (Å²) in [6, 6.07) is 0. The van der Waals surface area contributed by atoms with Gasteiger partial charge in [-0.2, -0.15) is 0 Å². The molecule has 102 valence electrons. The van der Waals surface area contributed by atoms with Crippen LogP contribution >= 0.6 is 0 Å². The molecule has 0 aromatic carbocycles. The normalized spacial score (nSPS) is 29.5. The van der Waals surface area contributed by atoms with Gasteiger partial charge in [-0.1, -0.05) is 46.0 Å². The molecule has 0 aromatic rings. The summed E-state index contributed by atoms with van der Waals surface area (Å²) < 4.78 is 5.71. The highest BCUT2D eigenvalue weighted by Crippen LogP contribution is 2.19. The lowest BCUT2D eigenvalue weighted by Gasteiger charge is -2.48. The maximum atomic E-state index is 12.4. The Bertz CT molecular complexity index is 199. The van der Waals surface area contributed by atoms with E-state index in [2.05, 4.69) is 13.8 Å². The molecule has 1 fully saturated rings. The van der Waals surface area contributed by atoms with Crippen molar-refractivity contribution in [1.82, 2.24) is 0 Å². The Morgan fingerprint density at radius 3 is 2.59 bits per heavy atom. The number of ether oxygens (including phenoxy) is 1. The van der Waals surface area contributed by atoms with Crippen LogP contribution in [0, 0.1) is 5.21 Å². The minimum absolute atomic E-state index is 0.00765. The molecule has 1 aliphatic heterocycles. The van der Waals surface area contributed by atoms with Crippen molar-refractivity contribution in [3.63, 3.8) is 0 Å². The molecule has 3 nitrogen and oxygen atoms in total. The molecule has 0 spiro atoms. The van der Waals surface area contributed by atoms with Crippen molar-refractivity contribution in [3.05, 3.63) is 5.21 Å². The second kappa shape index (κ2) is 8.06. The second-order valence-corrected chi connectivity index (χ2v) is 5.38. The minimum atomic E-state index is -0.00765. The lowest BCUT2D eigenvalue weighted by molar-refractivity contribution is -0.892. The molecule has 2 atom stereocenters. The lowest BCUT2D eigenvalue weighted by Crippen LogP contribution is -2.54. The number of rotatable bonds is 8. The maximum absolute atomic E-state index is 12.4. The third-order valence-electron chi connectivity index (χ3n) is 3.69. The van der Waals surface area contributed by atoms with Crippen LogP contribution in [0.2, 0.25) is 0 Å². The van der Waals surface area contributed by atoms with Crippen molar-refractivity contribution in [1.29, 1.82) is 0 Å². The molecule has 1 aliphatic rings. The van der Waals surface area contributed by atoms with Gasteiger partial charge in [0.2, 0.25) is 0 Å². The second-order valence-electron chi connectivity index (χ2n) is 5.38. The number of quaternary nitrogens is 1. The number of hydrogen-bond donors (Lipinski definition) is 0. The van der Waals surface area contributed by atoms with Gasteiger partial charge in [0.05, 0.1) is 13.2 Å². The van der Waals surface area contributed by atoms with Crippen LogP contribution in [0.25, 0.3) is 0 Å². The maximum Gasteiger partial charge on any atom is 0.107 e. The molecule has 0 saturated carbocycles. The highest BCUT2D eigenvalue weighted by molar-refractivity contribution is 4.64. The van der Waals surface area contributed by atoms with Crippen LogP contribution in [-0.2, 0) is 4.74 Å². The minimum Gasteiger partial charge on any atom is -0.633 e. The zero-order valence-electron chi connectivity index (χ0n) is 11.6. The zero-order chi connectivity index (χ0) is 12.6. The fourth-order valence-electron chi connectivity index (χ4n) is 2.52. The zero-order valence-corrected chi connectivity index (χ0v) is 11.6. The van der Waals surface area contributed by atoms with Gasteiger partial charge in [-0.05, 0) is 12.8 Å². The van der Waals surface area contributed by atoms with E-state index in [4.69, 9.17) is 4.74 Å².